The van der Waals surface area contributed by atoms with Crippen LogP contribution in [0.5, 0.6) is 5.75 Å². The van der Waals surface area contributed by atoms with Gasteiger partial charge < -0.3 is 19.4 Å². The van der Waals surface area contributed by atoms with Gasteiger partial charge in [0, 0.05) is 54.3 Å². The second kappa shape index (κ2) is 11.6. The molecule has 0 saturated heterocycles. The number of fused-ring (bicyclic) bond motifs is 2. The Morgan fingerprint density at radius 1 is 0.952 bits per heavy atom. The lowest BCUT2D eigenvalue weighted by molar-refractivity contribution is -0.142. The number of para-hydroxylation sites is 2. The maximum atomic E-state index is 14.7. The lowest BCUT2D eigenvalue weighted by Crippen LogP contribution is -2.50. The zero-order valence-corrected chi connectivity index (χ0v) is 23.8. The van der Waals surface area contributed by atoms with E-state index in [0.29, 0.717) is 25.3 Å². The fourth-order valence-electron chi connectivity index (χ4n) is 6.46. The molecule has 0 fully saturated rings. The van der Waals surface area contributed by atoms with Gasteiger partial charge in [-0.15, -0.1) is 0 Å². The van der Waals surface area contributed by atoms with Crippen LogP contribution in [-0.2, 0) is 9.53 Å². The summed E-state index contributed by atoms with van der Waals surface area (Å²) in [5, 5.41) is 14.2. The third kappa shape index (κ3) is 4.62. The van der Waals surface area contributed by atoms with E-state index in [1.165, 1.54) is 11.0 Å². The van der Waals surface area contributed by atoms with E-state index in [2.05, 4.69) is 29.3 Å². The Kier molecular flexibility index (Phi) is 7.52. The molecule has 1 N–H and O–H groups in total. The summed E-state index contributed by atoms with van der Waals surface area (Å²) in [5.41, 5.74) is 3.56. The Balaban J connectivity index is 1.46. The van der Waals surface area contributed by atoms with E-state index in [-0.39, 0.29) is 12.5 Å². The maximum absolute atomic E-state index is 14.7. The zero-order valence-electron chi connectivity index (χ0n) is 23.8. The van der Waals surface area contributed by atoms with Gasteiger partial charge in [0.05, 0.1) is 19.8 Å². The summed E-state index contributed by atoms with van der Waals surface area (Å²) in [6.07, 6.45) is 4.84. The standard InChI is InChI=1S/C36H33N3O3/c1-41-24-36(23-37,35(40)39-20-18-26(19-21-39)31-22-38-32-16-7-5-13-28(31)32)34(30-14-6-8-17-33(30)42-2)29-15-9-11-25-10-3-4-12-27(25)29/h3-18,22,34,38H,19-21,24H2,1-2H3/t34?,36-/m1/s1. The number of aromatic nitrogens is 1. The lowest BCUT2D eigenvalue weighted by atomic mass is 9.67. The molecule has 2 atom stereocenters. The molecule has 1 aromatic heterocycles. The molecular weight excluding hydrogens is 522 g/mol. The number of nitrogens with one attached hydrogen (secondary N) is 1. The minimum atomic E-state index is -1.54. The molecule has 2 heterocycles. The summed E-state index contributed by atoms with van der Waals surface area (Å²) < 4.78 is 11.5. The first-order chi connectivity index (χ1) is 20.6. The number of nitriles is 1. The summed E-state index contributed by atoms with van der Waals surface area (Å²) in [6, 6.07) is 32.5. The van der Waals surface area contributed by atoms with Gasteiger partial charge in [0.15, 0.2) is 5.41 Å². The average molecular weight is 556 g/mol. The number of carbonyl (C=O) groups excluding carboxylic acids is 1. The van der Waals surface area contributed by atoms with E-state index in [9.17, 15) is 10.1 Å². The van der Waals surface area contributed by atoms with Crippen LogP contribution in [-0.4, -0.2) is 49.7 Å². The van der Waals surface area contributed by atoms with Gasteiger partial charge in [-0.05, 0) is 40.5 Å². The quantitative estimate of drug-likeness (QED) is 0.225. The monoisotopic (exact) mass is 555 g/mol. The van der Waals surface area contributed by atoms with Crippen molar-refractivity contribution >= 4 is 33.2 Å². The number of H-pyrrole nitrogens is 1. The SMILES string of the molecule is COC[C@@](C#N)(C(=O)N1CC=C(c2c[nH]c3ccccc23)CC1)C(c1ccccc1OC)c1cccc2ccccc12. The molecule has 0 saturated carbocycles. The number of aromatic amines is 1. The molecule has 6 heteroatoms. The molecule has 42 heavy (non-hydrogen) atoms. The first-order valence-corrected chi connectivity index (χ1v) is 14.2. The zero-order chi connectivity index (χ0) is 29.1. The fraction of sp³-hybridized carbons (Fsp3) is 0.222. The number of carbonyl (C=O) groups is 1. The van der Waals surface area contributed by atoms with Crippen molar-refractivity contribution < 1.29 is 14.3 Å². The van der Waals surface area contributed by atoms with Crippen LogP contribution in [0.4, 0.5) is 0 Å². The Labute approximate surface area is 245 Å². The van der Waals surface area contributed by atoms with Crippen LogP contribution < -0.4 is 4.74 Å². The lowest BCUT2D eigenvalue weighted by Gasteiger charge is -2.39. The molecule has 1 unspecified atom stereocenters. The van der Waals surface area contributed by atoms with Gasteiger partial charge in [-0.1, -0.05) is 84.9 Å². The highest BCUT2D eigenvalue weighted by atomic mass is 16.5. The number of hydrogen-bond acceptors (Lipinski definition) is 4. The minimum Gasteiger partial charge on any atom is -0.496 e. The molecule has 1 amide bonds. The van der Waals surface area contributed by atoms with E-state index in [1.54, 1.807) is 19.1 Å². The number of ether oxygens (including phenoxy) is 2. The van der Waals surface area contributed by atoms with Crippen molar-refractivity contribution in [2.75, 3.05) is 33.9 Å². The largest absolute Gasteiger partial charge is 0.496 e. The Morgan fingerprint density at radius 2 is 1.67 bits per heavy atom. The molecule has 6 rings (SSSR count). The van der Waals surface area contributed by atoms with Crippen LogP contribution in [0.3, 0.4) is 0 Å². The van der Waals surface area contributed by atoms with Crippen molar-refractivity contribution in [3.63, 3.8) is 0 Å². The van der Waals surface area contributed by atoms with Gasteiger partial charge in [0.2, 0.25) is 5.91 Å². The van der Waals surface area contributed by atoms with Crippen molar-refractivity contribution in [3.05, 3.63) is 120 Å². The number of benzene rings is 4. The topological polar surface area (TPSA) is 78.4 Å². The second-order valence-corrected chi connectivity index (χ2v) is 10.7. The van der Waals surface area contributed by atoms with E-state index in [4.69, 9.17) is 9.47 Å². The van der Waals surface area contributed by atoms with Gasteiger partial charge in [-0.3, -0.25) is 4.79 Å². The van der Waals surface area contributed by atoms with Crippen LogP contribution in [0.1, 0.15) is 29.0 Å². The molecule has 5 aromatic rings. The molecule has 0 aliphatic carbocycles. The Morgan fingerprint density at radius 3 is 2.43 bits per heavy atom. The van der Waals surface area contributed by atoms with Gasteiger partial charge >= 0.3 is 0 Å². The van der Waals surface area contributed by atoms with E-state index >= 15 is 0 Å². The first kappa shape index (κ1) is 27.3. The van der Waals surface area contributed by atoms with Crippen molar-refractivity contribution in [2.45, 2.75) is 12.3 Å². The minimum absolute atomic E-state index is 0.0657. The third-order valence-electron chi connectivity index (χ3n) is 8.46. The van der Waals surface area contributed by atoms with Crippen LogP contribution in [0, 0.1) is 16.7 Å². The van der Waals surface area contributed by atoms with Gasteiger partial charge in [-0.2, -0.15) is 5.26 Å². The Hall–Kier alpha value is -4.86. The van der Waals surface area contributed by atoms with Crippen molar-refractivity contribution in [1.29, 1.82) is 5.26 Å². The van der Waals surface area contributed by atoms with E-state index < -0.39 is 11.3 Å². The van der Waals surface area contributed by atoms with E-state index in [1.807, 2.05) is 85.1 Å². The van der Waals surface area contributed by atoms with Crippen LogP contribution in [0.25, 0.3) is 27.2 Å². The summed E-state index contributed by atoms with van der Waals surface area (Å²) in [4.78, 5) is 19.9. The number of rotatable bonds is 8. The van der Waals surface area contributed by atoms with Gasteiger partial charge in [-0.25, -0.2) is 0 Å². The smallest absolute Gasteiger partial charge is 0.246 e. The Bertz CT molecular complexity index is 1830. The molecular formula is C36H33N3O3. The summed E-state index contributed by atoms with van der Waals surface area (Å²) in [6.45, 7) is 0.851. The highest BCUT2D eigenvalue weighted by Gasteiger charge is 2.51. The fourth-order valence-corrected chi connectivity index (χ4v) is 6.46. The average Bonchev–Trinajstić information content (AvgIpc) is 3.49. The van der Waals surface area contributed by atoms with Crippen LogP contribution >= 0.6 is 0 Å². The number of nitrogens with zero attached hydrogens (tertiary/aromatic N) is 2. The predicted molar refractivity (Wildman–Crippen MR) is 166 cm³/mol. The molecule has 1 aliphatic rings. The van der Waals surface area contributed by atoms with E-state index in [0.717, 1.165) is 33.0 Å². The summed E-state index contributed by atoms with van der Waals surface area (Å²) >= 11 is 0. The molecule has 210 valence electrons. The molecule has 4 aromatic carbocycles. The highest BCUT2D eigenvalue weighted by Crippen LogP contribution is 2.48. The number of methoxy groups -OCH3 is 2. The van der Waals surface area contributed by atoms with Gasteiger partial charge in [0.1, 0.15) is 5.75 Å². The normalized spacial score (nSPS) is 15.5. The molecule has 0 spiro atoms. The molecule has 0 bridgehead atoms. The number of amides is 1. The predicted octanol–water partition coefficient (Wildman–Crippen LogP) is 6.93. The van der Waals surface area contributed by atoms with Gasteiger partial charge in [0.25, 0.3) is 0 Å². The highest BCUT2D eigenvalue weighted by molar-refractivity contribution is 5.95. The van der Waals surface area contributed by atoms with Crippen molar-refractivity contribution in [2.24, 2.45) is 5.41 Å². The van der Waals surface area contributed by atoms with Crippen LogP contribution in [0.15, 0.2) is 103 Å². The summed E-state index contributed by atoms with van der Waals surface area (Å²) in [7, 11) is 3.17. The number of hydrogen-bond donors (Lipinski definition) is 1. The first-order valence-electron chi connectivity index (χ1n) is 14.2. The maximum Gasteiger partial charge on any atom is 0.246 e. The molecule has 6 nitrogen and oxygen atoms in total. The molecule has 0 radical (unpaired) electrons. The molecule has 1 aliphatic heterocycles. The van der Waals surface area contributed by atoms with Crippen molar-refractivity contribution in [1.82, 2.24) is 9.88 Å². The second-order valence-electron chi connectivity index (χ2n) is 10.7. The summed E-state index contributed by atoms with van der Waals surface area (Å²) in [5.74, 6) is -0.264. The van der Waals surface area contributed by atoms with Crippen LogP contribution in [0.2, 0.25) is 0 Å². The van der Waals surface area contributed by atoms with Crippen molar-refractivity contribution in [3.8, 4) is 11.8 Å². The third-order valence-corrected chi connectivity index (χ3v) is 8.46.